The summed E-state index contributed by atoms with van der Waals surface area (Å²) in [5, 5.41) is 10.8. The normalized spacial score (nSPS) is 47.3. The molecule has 0 aromatic carbocycles. The SMILES string of the molecule is C=C1CC2OC2C(C)(O)CCC2C3=CC(C=C(C)C)OC3OCC12. The van der Waals surface area contributed by atoms with Crippen molar-refractivity contribution in [3.05, 3.63) is 35.5 Å². The van der Waals surface area contributed by atoms with E-state index in [0.717, 1.165) is 19.3 Å². The number of epoxide rings is 1. The number of ether oxygens (including phenoxy) is 3. The summed E-state index contributed by atoms with van der Waals surface area (Å²) in [7, 11) is 0. The maximum absolute atomic E-state index is 10.8. The quantitative estimate of drug-likeness (QED) is 0.592. The lowest BCUT2D eigenvalue weighted by Crippen LogP contribution is -2.38. The Hall–Kier alpha value is -0.940. The van der Waals surface area contributed by atoms with E-state index in [9.17, 15) is 5.11 Å². The summed E-state index contributed by atoms with van der Waals surface area (Å²) in [5.74, 6) is 0.635. The zero-order valence-corrected chi connectivity index (χ0v) is 14.8. The van der Waals surface area contributed by atoms with Gasteiger partial charge in [0.25, 0.3) is 0 Å². The average Bonchev–Trinajstić information content (AvgIpc) is 3.14. The van der Waals surface area contributed by atoms with E-state index < -0.39 is 5.60 Å². The molecule has 3 aliphatic heterocycles. The molecule has 0 spiro atoms. The molecule has 0 amide bonds. The van der Waals surface area contributed by atoms with Gasteiger partial charge in [-0.3, -0.25) is 0 Å². The van der Waals surface area contributed by atoms with Gasteiger partial charge in [0.05, 0.1) is 24.4 Å². The topological polar surface area (TPSA) is 51.2 Å². The van der Waals surface area contributed by atoms with E-state index in [1.54, 1.807) is 0 Å². The Morgan fingerprint density at radius 3 is 2.88 bits per heavy atom. The molecule has 132 valence electrons. The number of allylic oxidation sites excluding steroid dienone is 1. The van der Waals surface area contributed by atoms with Gasteiger partial charge in [-0.05, 0) is 57.6 Å². The summed E-state index contributed by atoms with van der Waals surface area (Å²) < 4.78 is 17.8. The molecule has 7 unspecified atom stereocenters. The molecular formula is C20H28O4. The third-order valence-electron chi connectivity index (χ3n) is 5.89. The highest BCUT2D eigenvalue weighted by Gasteiger charge is 2.54. The largest absolute Gasteiger partial charge is 0.387 e. The average molecular weight is 332 g/mol. The monoisotopic (exact) mass is 332 g/mol. The summed E-state index contributed by atoms with van der Waals surface area (Å²) in [6, 6.07) is 0. The van der Waals surface area contributed by atoms with Crippen LogP contribution in [0.15, 0.2) is 35.5 Å². The Morgan fingerprint density at radius 2 is 2.12 bits per heavy atom. The van der Waals surface area contributed by atoms with Crippen LogP contribution in [0.3, 0.4) is 0 Å². The van der Waals surface area contributed by atoms with E-state index in [4.69, 9.17) is 14.2 Å². The zero-order chi connectivity index (χ0) is 17.1. The van der Waals surface area contributed by atoms with Gasteiger partial charge in [-0.15, -0.1) is 0 Å². The zero-order valence-electron chi connectivity index (χ0n) is 14.8. The smallest absolute Gasteiger partial charge is 0.181 e. The van der Waals surface area contributed by atoms with Gasteiger partial charge in [0.15, 0.2) is 6.29 Å². The van der Waals surface area contributed by atoms with Crippen LogP contribution in [-0.2, 0) is 14.2 Å². The maximum Gasteiger partial charge on any atom is 0.181 e. The van der Waals surface area contributed by atoms with Crippen LogP contribution in [0.5, 0.6) is 0 Å². The van der Waals surface area contributed by atoms with Gasteiger partial charge in [0.2, 0.25) is 0 Å². The van der Waals surface area contributed by atoms with Crippen LogP contribution in [0.1, 0.15) is 40.0 Å². The molecule has 0 aromatic rings. The van der Waals surface area contributed by atoms with E-state index in [2.05, 4.69) is 32.6 Å². The third kappa shape index (κ3) is 2.90. The molecule has 0 bridgehead atoms. The molecular weight excluding hydrogens is 304 g/mol. The summed E-state index contributed by atoms with van der Waals surface area (Å²) >= 11 is 0. The van der Waals surface area contributed by atoms with Crippen molar-refractivity contribution < 1.29 is 19.3 Å². The molecule has 0 radical (unpaired) electrons. The van der Waals surface area contributed by atoms with E-state index in [1.165, 1.54) is 16.7 Å². The molecule has 4 rings (SSSR count). The van der Waals surface area contributed by atoms with Gasteiger partial charge in [-0.1, -0.05) is 23.8 Å². The molecule has 4 heteroatoms. The summed E-state index contributed by atoms with van der Waals surface area (Å²) in [5.41, 5.74) is 2.91. The molecule has 3 fully saturated rings. The van der Waals surface area contributed by atoms with Gasteiger partial charge in [-0.2, -0.15) is 0 Å². The molecule has 7 atom stereocenters. The van der Waals surface area contributed by atoms with Crippen LogP contribution >= 0.6 is 0 Å². The number of aliphatic hydroxyl groups is 1. The predicted molar refractivity (Wildman–Crippen MR) is 91.4 cm³/mol. The van der Waals surface area contributed by atoms with Gasteiger partial charge in [-0.25, -0.2) is 0 Å². The standard InChI is InChI=1S/C20H28O4/c1-11(2)7-13-9-15-14-5-6-20(4,21)18-17(24-18)8-12(3)16(14)10-22-19(15)23-13/h7,9,13-14,16-19,21H,3,5-6,8,10H2,1-2,4H3. The van der Waals surface area contributed by atoms with Crippen LogP contribution < -0.4 is 0 Å². The first kappa shape index (κ1) is 16.5. The molecule has 1 N–H and O–H groups in total. The second-order valence-electron chi connectivity index (χ2n) is 8.24. The van der Waals surface area contributed by atoms with Crippen molar-refractivity contribution in [3.8, 4) is 0 Å². The molecule has 2 saturated heterocycles. The van der Waals surface area contributed by atoms with E-state index in [-0.39, 0.29) is 24.6 Å². The highest BCUT2D eigenvalue weighted by atomic mass is 16.7. The second-order valence-corrected chi connectivity index (χ2v) is 8.24. The van der Waals surface area contributed by atoms with Crippen molar-refractivity contribution in [1.29, 1.82) is 0 Å². The Balaban J connectivity index is 1.61. The highest BCUT2D eigenvalue weighted by Crippen LogP contribution is 2.48. The summed E-state index contributed by atoms with van der Waals surface area (Å²) in [4.78, 5) is 0. The van der Waals surface area contributed by atoms with Crippen LogP contribution in [0, 0.1) is 11.8 Å². The van der Waals surface area contributed by atoms with Crippen LogP contribution in [0.4, 0.5) is 0 Å². The van der Waals surface area contributed by atoms with E-state index >= 15 is 0 Å². The molecule has 4 aliphatic rings. The fourth-order valence-corrected chi connectivity index (χ4v) is 4.53. The predicted octanol–water partition coefficient (Wildman–Crippen LogP) is 3.13. The van der Waals surface area contributed by atoms with E-state index in [1.807, 2.05) is 6.92 Å². The van der Waals surface area contributed by atoms with Gasteiger partial charge >= 0.3 is 0 Å². The summed E-state index contributed by atoms with van der Waals surface area (Å²) in [6.45, 7) is 11.0. The number of hydrogen-bond acceptors (Lipinski definition) is 4. The van der Waals surface area contributed by atoms with Crippen molar-refractivity contribution in [1.82, 2.24) is 0 Å². The van der Waals surface area contributed by atoms with Gasteiger partial charge in [0.1, 0.15) is 6.10 Å². The first-order valence-corrected chi connectivity index (χ1v) is 9.04. The lowest BCUT2D eigenvalue weighted by atomic mass is 9.76. The molecule has 1 saturated carbocycles. The Labute approximate surface area is 144 Å². The first-order valence-electron chi connectivity index (χ1n) is 9.04. The molecule has 4 nitrogen and oxygen atoms in total. The Kier molecular flexibility index (Phi) is 4.00. The maximum atomic E-state index is 10.8. The molecule has 3 heterocycles. The van der Waals surface area contributed by atoms with Crippen molar-refractivity contribution >= 4 is 0 Å². The van der Waals surface area contributed by atoms with Crippen LogP contribution in [0.2, 0.25) is 0 Å². The first-order chi connectivity index (χ1) is 11.3. The van der Waals surface area contributed by atoms with Crippen molar-refractivity contribution in [3.63, 3.8) is 0 Å². The molecule has 24 heavy (non-hydrogen) atoms. The minimum atomic E-state index is -0.757. The highest BCUT2D eigenvalue weighted by molar-refractivity contribution is 5.28. The fourth-order valence-electron chi connectivity index (χ4n) is 4.53. The lowest BCUT2D eigenvalue weighted by Gasteiger charge is -2.38. The van der Waals surface area contributed by atoms with Gasteiger partial charge < -0.3 is 19.3 Å². The number of fused-ring (bicyclic) bond motifs is 4. The number of rotatable bonds is 1. The van der Waals surface area contributed by atoms with E-state index in [0.29, 0.717) is 18.4 Å². The van der Waals surface area contributed by atoms with Crippen molar-refractivity contribution in [2.45, 2.75) is 70.2 Å². The molecule has 1 aliphatic carbocycles. The fraction of sp³-hybridized carbons (Fsp3) is 0.700. The number of hydrogen-bond donors (Lipinski definition) is 1. The van der Waals surface area contributed by atoms with Crippen molar-refractivity contribution in [2.75, 3.05) is 6.61 Å². The Morgan fingerprint density at radius 1 is 1.33 bits per heavy atom. The molecule has 0 aromatic heterocycles. The van der Waals surface area contributed by atoms with Crippen LogP contribution in [0.25, 0.3) is 0 Å². The Bertz CT molecular complexity index is 599. The van der Waals surface area contributed by atoms with Gasteiger partial charge in [0, 0.05) is 5.92 Å². The lowest BCUT2D eigenvalue weighted by molar-refractivity contribution is -0.145. The minimum Gasteiger partial charge on any atom is -0.387 e. The second kappa shape index (κ2) is 5.80. The van der Waals surface area contributed by atoms with Crippen molar-refractivity contribution in [2.24, 2.45) is 11.8 Å². The third-order valence-corrected chi connectivity index (χ3v) is 5.89. The summed E-state index contributed by atoms with van der Waals surface area (Å²) in [6.07, 6.45) is 6.65. The van der Waals surface area contributed by atoms with Crippen LogP contribution in [-0.4, -0.2) is 41.9 Å². The minimum absolute atomic E-state index is 0.00751.